The highest BCUT2D eigenvalue weighted by Gasteiger charge is 2.34. The molecule has 3 aromatic rings. The van der Waals surface area contributed by atoms with Gasteiger partial charge in [-0.3, -0.25) is 14.5 Å². The molecule has 1 fully saturated rings. The van der Waals surface area contributed by atoms with E-state index in [2.05, 4.69) is 0 Å². The molecule has 1 heterocycles. The van der Waals surface area contributed by atoms with E-state index >= 15 is 0 Å². The van der Waals surface area contributed by atoms with Crippen molar-refractivity contribution in [2.24, 2.45) is 0 Å². The van der Waals surface area contributed by atoms with Gasteiger partial charge in [0.25, 0.3) is 11.1 Å². The minimum absolute atomic E-state index is 0.0650. The number of imide groups is 1. The summed E-state index contributed by atoms with van der Waals surface area (Å²) in [4.78, 5) is 26.5. The Bertz CT molecular complexity index is 1260. The van der Waals surface area contributed by atoms with Crippen molar-refractivity contribution in [3.63, 3.8) is 0 Å². The van der Waals surface area contributed by atoms with Crippen LogP contribution in [0, 0.1) is 11.6 Å². The van der Waals surface area contributed by atoms with Gasteiger partial charge < -0.3 is 14.2 Å². The highest BCUT2D eigenvalue weighted by Crippen LogP contribution is 2.34. The lowest BCUT2D eigenvalue weighted by molar-refractivity contribution is -0.123. The number of halogens is 2. The standard InChI is InChI=1S/C26H21F2NO5S/c1-32-23-14-17(5-10-22(23)34-16-18-3-2-4-20(28)13-18)15-24-25(30)29(26(31)35-24)11-12-33-21-8-6-19(27)7-9-21/h2-10,13-15H,11-12,16H2,1H3/b24-15-. The first-order valence-corrected chi connectivity index (χ1v) is 11.4. The maximum absolute atomic E-state index is 13.4. The van der Waals surface area contributed by atoms with E-state index < -0.39 is 11.1 Å². The third-order valence-electron chi connectivity index (χ3n) is 5.04. The molecule has 35 heavy (non-hydrogen) atoms. The maximum atomic E-state index is 13.4. The SMILES string of the molecule is COc1cc(/C=C2\SC(=O)N(CCOc3ccc(F)cc3)C2=O)ccc1OCc1cccc(F)c1. The minimum Gasteiger partial charge on any atom is -0.493 e. The van der Waals surface area contributed by atoms with Gasteiger partial charge in [-0.25, -0.2) is 8.78 Å². The summed E-state index contributed by atoms with van der Waals surface area (Å²) < 4.78 is 43.0. The second kappa shape index (κ2) is 11.1. The molecule has 0 atom stereocenters. The Hall–Kier alpha value is -3.85. The van der Waals surface area contributed by atoms with E-state index in [1.165, 1.54) is 43.5 Å². The lowest BCUT2D eigenvalue weighted by Crippen LogP contribution is -2.32. The van der Waals surface area contributed by atoms with Crippen molar-refractivity contribution >= 4 is 29.0 Å². The molecule has 0 radical (unpaired) electrons. The van der Waals surface area contributed by atoms with Crippen LogP contribution in [0.15, 0.2) is 71.6 Å². The van der Waals surface area contributed by atoms with Crippen LogP contribution in [0.5, 0.6) is 17.2 Å². The van der Waals surface area contributed by atoms with Crippen LogP contribution < -0.4 is 14.2 Å². The van der Waals surface area contributed by atoms with E-state index in [9.17, 15) is 18.4 Å². The quantitative estimate of drug-likeness (QED) is 0.355. The highest BCUT2D eigenvalue weighted by molar-refractivity contribution is 8.18. The average molecular weight is 498 g/mol. The third kappa shape index (κ3) is 6.19. The second-order valence-corrected chi connectivity index (χ2v) is 8.46. The van der Waals surface area contributed by atoms with E-state index in [1.54, 1.807) is 36.4 Å². The molecule has 6 nitrogen and oxygen atoms in total. The fraction of sp³-hybridized carbons (Fsp3) is 0.154. The van der Waals surface area contributed by atoms with E-state index in [-0.39, 0.29) is 36.3 Å². The lowest BCUT2D eigenvalue weighted by Gasteiger charge is -2.13. The maximum Gasteiger partial charge on any atom is 0.293 e. The fourth-order valence-electron chi connectivity index (χ4n) is 3.31. The van der Waals surface area contributed by atoms with Gasteiger partial charge in [0, 0.05) is 0 Å². The molecule has 0 saturated carbocycles. The summed E-state index contributed by atoms with van der Waals surface area (Å²) in [6.07, 6.45) is 1.60. The number of hydrogen-bond acceptors (Lipinski definition) is 6. The molecule has 0 aliphatic carbocycles. The van der Waals surface area contributed by atoms with Gasteiger partial charge in [0.2, 0.25) is 0 Å². The smallest absolute Gasteiger partial charge is 0.293 e. The van der Waals surface area contributed by atoms with Gasteiger partial charge >= 0.3 is 0 Å². The van der Waals surface area contributed by atoms with Gasteiger partial charge in [-0.15, -0.1) is 0 Å². The van der Waals surface area contributed by atoms with Gasteiger partial charge in [-0.1, -0.05) is 18.2 Å². The monoisotopic (exact) mass is 497 g/mol. The second-order valence-electron chi connectivity index (χ2n) is 7.46. The number of methoxy groups -OCH3 is 1. The molecule has 0 aromatic heterocycles. The Morgan fingerprint density at radius 1 is 0.914 bits per heavy atom. The molecular weight excluding hydrogens is 476 g/mol. The first-order chi connectivity index (χ1) is 16.9. The number of carbonyl (C=O) groups is 2. The van der Waals surface area contributed by atoms with Crippen molar-refractivity contribution in [3.05, 3.63) is 94.4 Å². The average Bonchev–Trinajstić information content (AvgIpc) is 3.11. The van der Waals surface area contributed by atoms with E-state index in [1.807, 2.05) is 0 Å². The summed E-state index contributed by atoms with van der Waals surface area (Å²) in [6.45, 7) is 0.310. The molecule has 2 amide bonds. The third-order valence-corrected chi connectivity index (χ3v) is 5.95. The van der Waals surface area contributed by atoms with Crippen LogP contribution in [0.25, 0.3) is 6.08 Å². The predicted molar refractivity (Wildman–Crippen MR) is 128 cm³/mol. The molecule has 0 bridgehead atoms. The Morgan fingerprint density at radius 3 is 2.46 bits per heavy atom. The number of carbonyl (C=O) groups excluding carboxylic acids is 2. The molecule has 1 saturated heterocycles. The zero-order valence-corrected chi connectivity index (χ0v) is 19.5. The molecule has 0 N–H and O–H groups in total. The molecule has 1 aliphatic heterocycles. The number of rotatable bonds is 9. The number of thioether (sulfide) groups is 1. The molecule has 0 spiro atoms. The van der Waals surface area contributed by atoms with Crippen LogP contribution in [0.3, 0.4) is 0 Å². The zero-order chi connectivity index (χ0) is 24.8. The number of ether oxygens (including phenoxy) is 3. The lowest BCUT2D eigenvalue weighted by atomic mass is 10.1. The van der Waals surface area contributed by atoms with Crippen molar-refractivity contribution in [3.8, 4) is 17.2 Å². The molecule has 4 rings (SSSR count). The van der Waals surface area contributed by atoms with Gasteiger partial charge in [-0.05, 0) is 77.5 Å². The van der Waals surface area contributed by atoms with Crippen LogP contribution >= 0.6 is 11.8 Å². The topological polar surface area (TPSA) is 65.1 Å². The minimum atomic E-state index is -0.423. The van der Waals surface area contributed by atoms with E-state index in [0.29, 0.717) is 28.4 Å². The summed E-state index contributed by atoms with van der Waals surface area (Å²) in [6, 6.07) is 16.7. The summed E-state index contributed by atoms with van der Waals surface area (Å²) in [5.41, 5.74) is 1.32. The van der Waals surface area contributed by atoms with Crippen LogP contribution in [0.4, 0.5) is 13.6 Å². The zero-order valence-electron chi connectivity index (χ0n) is 18.7. The van der Waals surface area contributed by atoms with Gasteiger partial charge in [0.05, 0.1) is 18.6 Å². The number of amides is 2. The van der Waals surface area contributed by atoms with E-state index in [4.69, 9.17) is 14.2 Å². The normalized spacial score (nSPS) is 14.5. The van der Waals surface area contributed by atoms with Crippen molar-refractivity contribution in [2.45, 2.75) is 6.61 Å². The van der Waals surface area contributed by atoms with Crippen LogP contribution in [0.2, 0.25) is 0 Å². The molecule has 0 unspecified atom stereocenters. The van der Waals surface area contributed by atoms with Crippen molar-refractivity contribution in [1.82, 2.24) is 4.90 Å². The summed E-state index contributed by atoms with van der Waals surface area (Å²) >= 11 is 0.837. The Balaban J connectivity index is 1.39. The first kappa shape index (κ1) is 24.3. The summed E-state index contributed by atoms with van der Waals surface area (Å²) in [5, 5.41) is -0.397. The molecule has 9 heteroatoms. The van der Waals surface area contributed by atoms with Crippen molar-refractivity contribution in [1.29, 1.82) is 0 Å². The Morgan fingerprint density at radius 2 is 1.71 bits per heavy atom. The van der Waals surface area contributed by atoms with Gasteiger partial charge in [0.1, 0.15) is 30.6 Å². The highest BCUT2D eigenvalue weighted by atomic mass is 32.2. The Kier molecular flexibility index (Phi) is 7.67. The largest absolute Gasteiger partial charge is 0.493 e. The van der Waals surface area contributed by atoms with Crippen LogP contribution in [-0.2, 0) is 11.4 Å². The Labute approximate surface area is 205 Å². The van der Waals surface area contributed by atoms with Crippen molar-refractivity contribution in [2.75, 3.05) is 20.3 Å². The predicted octanol–water partition coefficient (Wildman–Crippen LogP) is 5.67. The number of benzene rings is 3. The van der Waals surface area contributed by atoms with Gasteiger partial charge in [0.15, 0.2) is 11.5 Å². The van der Waals surface area contributed by atoms with Crippen LogP contribution in [-0.4, -0.2) is 36.3 Å². The van der Waals surface area contributed by atoms with Crippen LogP contribution in [0.1, 0.15) is 11.1 Å². The molecular formula is C26H21F2NO5S. The number of nitrogens with zero attached hydrogens (tertiary/aromatic N) is 1. The first-order valence-electron chi connectivity index (χ1n) is 10.6. The number of hydrogen-bond donors (Lipinski definition) is 0. The van der Waals surface area contributed by atoms with E-state index in [0.717, 1.165) is 16.7 Å². The molecule has 3 aromatic carbocycles. The molecule has 180 valence electrons. The summed E-state index contributed by atoms with van der Waals surface area (Å²) in [5.74, 6) is 0.191. The van der Waals surface area contributed by atoms with Crippen molar-refractivity contribution < 1.29 is 32.6 Å². The molecule has 1 aliphatic rings. The van der Waals surface area contributed by atoms with Gasteiger partial charge in [-0.2, -0.15) is 0 Å². The fourth-order valence-corrected chi connectivity index (χ4v) is 4.18. The summed E-state index contributed by atoms with van der Waals surface area (Å²) in [7, 11) is 1.49.